The number of halogens is 2. The molecule has 0 bridgehead atoms. The van der Waals surface area contributed by atoms with E-state index in [1.54, 1.807) is 23.1 Å². The molecule has 0 radical (unpaired) electrons. The lowest BCUT2D eigenvalue weighted by molar-refractivity contribution is -0.123. The van der Waals surface area contributed by atoms with Crippen LogP contribution in [0.4, 0.5) is 11.4 Å². The molecule has 142 valence electrons. The van der Waals surface area contributed by atoms with E-state index < -0.39 is 12.1 Å². The maximum Gasteiger partial charge on any atom is 0.260 e. The van der Waals surface area contributed by atoms with Gasteiger partial charge in [0.15, 0.2) is 5.54 Å². The summed E-state index contributed by atoms with van der Waals surface area (Å²) in [6.45, 7) is 0.00155. The van der Waals surface area contributed by atoms with E-state index in [9.17, 15) is 9.90 Å². The van der Waals surface area contributed by atoms with Crippen molar-refractivity contribution in [1.82, 2.24) is 0 Å². The predicted molar refractivity (Wildman–Crippen MR) is 113 cm³/mol. The molecule has 0 aromatic heterocycles. The lowest BCUT2D eigenvalue weighted by Crippen LogP contribution is -2.48. The molecule has 4 nitrogen and oxygen atoms in total. The summed E-state index contributed by atoms with van der Waals surface area (Å²) in [6, 6.07) is 22.2. The second-order valence-corrected chi connectivity index (χ2v) is 7.55. The summed E-state index contributed by atoms with van der Waals surface area (Å²) < 4.78 is 0. The summed E-state index contributed by atoms with van der Waals surface area (Å²) in [4.78, 5) is 15.2. The second kappa shape index (κ2) is 7.47. The Balaban J connectivity index is 1.78. The fraction of sp³-hybridized carbons (Fsp3) is 0.136. The molecule has 3 aromatic rings. The van der Waals surface area contributed by atoms with Gasteiger partial charge in [-0.25, -0.2) is 0 Å². The van der Waals surface area contributed by atoms with E-state index in [1.165, 1.54) is 0 Å². The largest absolute Gasteiger partial charge is 0.393 e. The zero-order valence-electron chi connectivity index (χ0n) is 14.9. The smallest absolute Gasteiger partial charge is 0.260 e. The quantitative estimate of drug-likeness (QED) is 0.630. The number of benzene rings is 3. The lowest BCUT2D eigenvalue weighted by Gasteiger charge is -2.29. The van der Waals surface area contributed by atoms with E-state index in [2.05, 4.69) is 5.32 Å². The van der Waals surface area contributed by atoms with Crippen LogP contribution in [-0.2, 0) is 16.9 Å². The van der Waals surface area contributed by atoms with Gasteiger partial charge in [-0.2, -0.15) is 0 Å². The van der Waals surface area contributed by atoms with Crippen LogP contribution in [0.2, 0.25) is 10.0 Å². The highest BCUT2D eigenvalue weighted by Gasteiger charge is 2.51. The SMILES string of the molecule is O=C1N(Cc2ccccc2)c2ccccc2C1(CO)Nc1ccc(Cl)cc1Cl. The number of anilines is 2. The molecule has 6 heteroatoms. The number of nitrogens with zero attached hydrogens (tertiary/aromatic N) is 1. The Morgan fingerprint density at radius 2 is 1.68 bits per heavy atom. The summed E-state index contributed by atoms with van der Waals surface area (Å²) in [5.74, 6) is -0.230. The number of amides is 1. The van der Waals surface area contributed by atoms with Crippen molar-refractivity contribution >= 4 is 40.5 Å². The third-order valence-electron chi connectivity index (χ3n) is 4.96. The van der Waals surface area contributed by atoms with Gasteiger partial charge in [0.05, 0.1) is 29.5 Å². The monoisotopic (exact) mass is 412 g/mol. The molecule has 1 amide bonds. The van der Waals surface area contributed by atoms with E-state index in [1.807, 2.05) is 54.6 Å². The van der Waals surface area contributed by atoms with Gasteiger partial charge in [-0.05, 0) is 29.8 Å². The molecule has 0 fully saturated rings. The number of fused-ring (bicyclic) bond motifs is 1. The molecular formula is C22H18Cl2N2O2. The first-order chi connectivity index (χ1) is 13.5. The minimum atomic E-state index is -1.32. The molecule has 2 N–H and O–H groups in total. The summed E-state index contributed by atoms with van der Waals surface area (Å²) in [5, 5.41) is 14.4. The third-order valence-corrected chi connectivity index (χ3v) is 5.51. The molecule has 4 rings (SSSR count). The Labute approximate surface area is 173 Å². The van der Waals surface area contributed by atoms with E-state index >= 15 is 0 Å². The summed E-state index contributed by atoms with van der Waals surface area (Å²) in [7, 11) is 0. The number of hydrogen-bond donors (Lipinski definition) is 2. The Hall–Kier alpha value is -2.53. The van der Waals surface area contributed by atoms with Crippen LogP contribution in [-0.4, -0.2) is 17.6 Å². The highest BCUT2D eigenvalue weighted by Crippen LogP contribution is 2.44. The number of hydrogen-bond acceptors (Lipinski definition) is 3. The first-order valence-electron chi connectivity index (χ1n) is 8.84. The summed E-state index contributed by atoms with van der Waals surface area (Å²) >= 11 is 12.3. The molecule has 1 aliphatic heterocycles. The van der Waals surface area contributed by atoms with Crippen molar-refractivity contribution in [2.24, 2.45) is 0 Å². The Kier molecular flexibility index (Phi) is 5.02. The molecule has 1 unspecified atom stereocenters. The number of aliphatic hydroxyl groups is 1. The molecule has 1 aliphatic rings. The third kappa shape index (κ3) is 3.14. The van der Waals surface area contributed by atoms with E-state index in [4.69, 9.17) is 23.2 Å². The molecule has 0 saturated carbocycles. The number of carbonyl (C=O) groups is 1. The van der Waals surface area contributed by atoms with Crippen molar-refractivity contribution in [2.75, 3.05) is 16.8 Å². The zero-order chi connectivity index (χ0) is 19.7. The number of para-hydroxylation sites is 1. The second-order valence-electron chi connectivity index (χ2n) is 6.71. The minimum absolute atomic E-state index is 0.230. The fourth-order valence-corrected chi connectivity index (χ4v) is 4.04. The van der Waals surface area contributed by atoms with Gasteiger partial charge in [-0.3, -0.25) is 4.79 Å². The average molecular weight is 413 g/mol. The molecule has 0 aliphatic carbocycles. The molecule has 1 heterocycles. The van der Waals surface area contributed by atoms with Crippen molar-refractivity contribution in [3.63, 3.8) is 0 Å². The van der Waals surface area contributed by atoms with E-state index in [0.29, 0.717) is 27.8 Å². The Morgan fingerprint density at radius 3 is 2.39 bits per heavy atom. The zero-order valence-corrected chi connectivity index (χ0v) is 16.4. The van der Waals surface area contributed by atoms with Gasteiger partial charge >= 0.3 is 0 Å². The van der Waals surface area contributed by atoms with E-state index in [-0.39, 0.29) is 5.91 Å². The van der Waals surface area contributed by atoms with Gasteiger partial charge in [0, 0.05) is 10.6 Å². The highest BCUT2D eigenvalue weighted by molar-refractivity contribution is 6.36. The van der Waals surface area contributed by atoms with Gasteiger partial charge in [0.1, 0.15) is 0 Å². The van der Waals surface area contributed by atoms with Gasteiger partial charge in [0.25, 0.3) is 5.91 Å². The molecular weight excluding hydrogens is 395 g/mol. The van der Waals surface area contributed by atoms with Crippen molar-refractivity contribution in [3.8, 4) is 0 Å². The highest BCUT2D eigenvalue weighted by atomic mass is 35.5. The summed E-state index contributed by atoms with van der Waals surface area (Å²) in [5.41, 5.74) is 1.70. The van der Waals surface area contributed by atoms with Crippen molar-refractivity contribution < 1.29 is 9.90 Å². The molecule has 0 spiro atoms. The van der Waals surface area contributed by atoms with Crippen LogP contribution in [0, 0.1) is 0 Å². The van der Waals surface area contributed by atoms with Crippen LogP contribution in [0.1, 0.15) is 11.1 Å². The fourth-order valence-electron chi connectivity index (χ4n) is 3.58. The molecule has 0 saturated heterocycles. The van der Waals surface area contributed by atoms with Crippen LogP contribution in [0.5, 0.6) is 0 Å². The first kappa shape index (κ1) is 18.8. The molecule has 28 heavy (non-hydrogen) atoms. The number of aliphatic hydroxyl groups excluding tert-OH is 1. The first-order valence-corrected chi connectivity index (χ1v) is 9.60. The van der Waals surface area contributed by atoms with Gasteiger partial charge in [0.2, 0.25) is 0 Å². The Morgan fingerprint density at radius 1 is 0.964 bits per heavy atom. The lowest BCUT2D eigenvalue weighted by atomic mass is 9.91. The van der Waals surface area contributed by atoms with E-state index in [0.717, 1.165) is 11.3 Å². The number of rotatable bonds is 5. The number of carbonyl (C=O) groups excluding carboxylic acids is 1. The normalized spacial score (nSPS) is 18.2. The summed E-state index contributed by atoms with van der Waals surface area (Å²) in [6.07, 6.45) is 0. The van der Waals surface area contributed by atoms with Crippen LogP contribution in [0.15, 0.2) is 72.8 Å². The number of nitrogens with one attached hydrogen (secondary N) is 1. The Bertz CT molecular complexity index is 1030. The van der Waals surface area contributed by atoms with Gasteiger partial charge < -0.3 is 15.3 Å². The maximum atomic E-state index is 13.5. The molecule has 3 aromatic carbocycles. The van der Waals surface area contributed by atoms with Crippen LogP contribution >= 0.6 is 23.2 Å². The van der Waals surface area contributed by atoms with Gasteiger partial charge in [-0.1, -0.05) is 71.7 Å². The standard InChI is InChI=1S/C22H18Cl2N2O2/c23-16-10-11-19(18(24)12-16)25-22(14-27)17-8-4-5-9-20(17)26(21(22)28)13-15-6-2-1-3-7-15/h1-12,25,27H,13-14H2. The van der Waals surface area contributed by atoms with Crippen LogP contribution in [0.25, 0.3) is 0 Å². The van der Waals surface area contributed by atoms with Crippen molar-refractivity contribution in [2.45, 2.75) is 12.1 Å². The maximum absolute atomic E-state index is 13.5. The average Bonchev–Trinajstić information content (AvgIpc) is 2.94. The predicted octanol–water partition coefficient (Wildman–Crippen LogP) is 4.84. The van der Waals surface area contributed by atoms with Crippen LogP contribution in [0.3, 0.4) is 0 Å². The van der Waals surface area contributed by atoms with Gasteiger partial charge in [-0.15, -0.1) is 0 Å². The molecule has 1 atom stereocenters. The minimum Gasteiger partial charge on any atom is -0.393 e. The van der Waals surface area contributed by atoms with Crippen molar-refractivity contribution in [3.05, 3.63) is 94.0 Å². The topological polar surface area (TPSA) is 52.6 Å². The van der Waals surface area contributed by atoms with Crippen molar-refractivity contribution in [1.29, 1.82) is 0 Å². The van der Waals surface area contributed by atoms with Crippen LogP contribution < -0.4 is 10.2 Å².